The quantitative estimate of drug-likeness (QED) is 0.421. The number of H-pyrrole nitrogens is 1. The van der Waals surface area contributed by atoms with E-state index in [0.29, 0.717) is 5.02 Å². The van der Waals surface area contributed by atoms with Gasteiger partial charge in [0, 0.05) is 22.5 Å². The fourth-order valence-electron chi connectivity index (χ4n) is 2.40. The number of hydrogen-bond acceptors (Lipinski definition) is 5. The summed E-state index contributed by atoms with van der Waals surface area (Å²) in [6.45, 7) is 0. The fourth-order valence-corrected chi connectivity index (χ4v) is 2.58. The Hall–Kier alpha value is -3.19. The van der Waals surface area contributed by atoms with E-state index in [1.165, 1.54) is 36.4 Å². The molecule has 2 N–H and O–H groups in total. The summed E-state index contributed by atoms with van der Waals surface area (Å²) in [5.74, 6) is -0.453. The average Bonchev–Trinajstić information content (AvgIpc) is 2.63. The molecule has 0 fully saturated rings. The van der Waals surface area contributed by atoms with Crippen molar-refractivity contribution in [2.75, 3.05) is 0 Å². The van der Waals surface area contributed by atoms with E-state index < -0.39 is 21.7 Å². The largest absolute Gasteiger partial charge is 0.506 e. The minimum Gasteiger partial charge on any atom is -0.506 e. The molecule has 2 aromatic carbocycles. The molecule has 1 heterocycles. The van der Waals surface area contributed by atoms with Crippen LogP contribution >= 0.6 is 11.6 Å². The lowest BCUT2D eigenvalue weighted by Crippen LogP contribution is -2.24. The van der Waals surface area contributed by atoms with Crippen LogP contribution in [0.2, 0.25) is 5.02 Å². The van der Waals surface area contributed by atoms with Crippen LogP contribution in [-0.2, 0) is 0 Å². The van der Waals surface area contributed by atoms with Crippen LogP contribution in [0.1, 0.15) is 0 Å². The zero-order chi connectivity index (χ0) is 17.4. The number of fused-ring (bicyclic) bond motifs is 1. The molecule has 0 aliphatic rings. The number of aromatic hydroxyl groups is 1. The first-order chi connectivity index (χ1) is 11.4. The van der Waals surface area contributed by atoms with Gasteiger partial charge in [-0.05, 0) is 23.8 Å². The van der Waals surface area contributed by atoms with Gasteiger partial charge in [0.15, 0.2) is 0 Å². The number of rotatable bonds is 2. The topological polar surface area (TPSA) is 113 Å². The maximum atomic E-state index is 12.4. The minimum absolute atomic E-state index is 0.0738. The first kappa shape index (κ1) is 15.7. The number of halogens is 1. The highest BCUT2D eigenvalue weighted by atomic mass is 35.5. The molecule has 0 aliphatic carbocycles. The smallest absolute Gasteiger partial charge is 0.296 e. The highest BCUT2D eigenvalue weighted by molar-refractivity contribution is 6.31. The molecule has 0 saturated heterocycles. The summed E-state index contributed by atoms with van der Waals surface area (Å²) in [7, 11) is 0. The van der Waals surface area contributed by atoms with Gasteiger partial charge in [-0.3, -0.25) is 19.7 Å². The fraction of sp³-hybridized carbons (Fsp3) is 0. The summed E-state index contributed by atoms with van der Waals surface area (Å²) in [6.07, 6.45) is 0. The summed E-state index contributed by atoms with van der Waals surface area (Å²) in [6, 6.07) is 9.48. The van der Waals surface area contributed by atoms with Crippen molar-refractivity contribution in [2.24, 2.45) is 0 Å². The zero-order valence-corrected chi connectivity index (χ0v) is 12.7. The van der Waals surface area contributed by atoms with Gasteiger partial charge in [-0.2, -0.15) is 0 Å². The molecule has 0 atom stereocenters. The first-order valence-corrected chi connectivity index (χ1v) is 7.10. The number of hydrogen-bond donors (Lipinski definition) is 2. The molecule has 3 rings (SSSR count). The van der Waals surface area contributed by atoms with Crippen LogP contribution in [0, 0.1) is 10.1 Å². The number of nitrogens with zero attached hydrogens (tertiary/aromatic N) is 1. The van der Waals surface area contributed by atoms with Gasteiger partial charge in [0.05, 0.1) is 16.0 Å². The number of benzene rings is 2. The van der Waals surface area contributed by atoms with Crippen LogP contribution < -0.4 is 11.0 Å². The van der Waals surface area contributed by atoms with Gasteiger partial charge in [0.25, 0.3) is 16.7 Å². The SMILES string of the molecule is O=c1[nH]c2cc(Cl)ccc2c(O)c(-c2cccc([N+](=O)[O-])c2)c1=O. The lowest BCUT2D eigenvalue weighted by Gasteiger charge is -2.02. The number of nitro benzene ring substituents is 1. The standard InChI is InChI=1S/C16H9ClN2O5/c17-9-4-5-11-12(7-9)18-16(22)15(21)13(14(11)20)8-2-1-3-10(6-8)19(23)24/h1-7,20H,(H,18,21,22). The Bertz CT molecular complexity index is 1110. The number of nitro groups is 1. The van der Waals surface area contributed by atoms with Gasteiger partial charge in [-0.1, -0.05) is 23.7 Å². The lowest BCUT2D eigenvalue weighted by atomic mass is 10.0. The molecule has 0 bridgehead atoms. The van der Waals surface area contributed by atoms with Gasteiger partial charge in [0.2, 0.25) is 0 Å². The Kier molecular flexibility index (Phi) is 3.78. The average molecular weight is 345 g/mol. The molecule has 0 saturated carbocycles. The monoisotopic (exact) mass is 344 g/mol. The van der Waals surface area contributed by atoms with Crippen LogP contribution in [0.25, 0.3) is 22.0 Å². The number of aromatic nitrogens is 1. The van der Waals surface area contributed by atoms with Crippen molar-refractivity contribution in [2.45, 2.75) is 0 Å². The summed E-state index contributed by atoms with van der Waals surface area (Å²) < 4.78 is 0. The second kappa shape index (κ2) is 5.78. The Labute approximate surface area is 138 Å². The van der Waals surface area contributed by atoms with E-state index in [0.717, 1.165) is 6.07 Å². The van der Waals surface area contributed by atoms with Crippen LogP contribution in [0.4, 0.5) is 5.69 Å². The van der Waals surface area contributed by atoms with E-state index >= 15 is 0 Å². The molecule has 8 heteroatoms. The van der Waals surface area contributed by atoms with E-state index in [4.69, 9.17) is 11.6 Å². The Morgan fingerprint density at radius 2 is 1.88 bits per heavy atom. The van der Waals surface area contributed by atoms with E-state index in [2.05, 4.69) is 4.98 Å². The molecule has 0 spiro atoms. The van der Waals surface area contributed by atoms with Crippen molar-refractivity contribution < 1.29 is 10.0 Å². The summed E-state index contributed by atoms with van der Waals surface area (Å²) in [4.78, 5) is 37.1. The Morgan fingerprint density at radius 3 is 2.58 bits per heavy atom. The molecule has 7 nitrogen and oxygen atoms in total. The molecular formula is C16H9ClN2O5. The van der Waals surface area contributed by atoms with Crippen LogP contribution in [0.5, 0.6) is 5.75 Å². The van der Waals surface area contributed by atoms with Crippen molar-refractivity contribution in [1.82, 2.24) is 4.98 Å². The van der Waals surface area contributed by atoms with Crippen molar-refractivity contribution in [1.29, 1.82) is 0 Å². The summed E-state index contributed by atoms with van der Waals surface area (Å²) >= 11 is 5.86. The van der Waals surface area contributed by atoms with Gasteiger partial charge in [-0.25, -0.2) is 0 Å². The summed E-state index contributed by atoms with van der Waals surface area (Å²) in [5.41, 5.74) is -2.29. The predicted octanol–water partition coefficient (Wildman–Crippen LogP) is 2.82. The van der Waals surface area contributed by atoms with Crippen molar-refractivity contribution >= 4 is 28.2 Å². The van der Waals surface area contributed by atoms with Crippen LogP contribution in [0.15, 0.2) is 52.1 Å². The highest BCUT2D eigenvalue weighted by Gasteiger charge is 2.17. The number of non-ortho nitro benzene ring substituents is 1. The third-order valence-electron chi connectivity index (χ3n) is 3.50. The summed E-state index contributed by atoms with van der Waals surface area (Å²) in [5, 5.41) is 21.9. The molecule has 24 heavy (non-hydrogen) atoms. The number of nitrogens with one attached hydrogen (secondary N) is 1. The normalized spacial score (nSPS) is 10.7. The van der Waals surface area contributed by atoms with Gasteiger partial charge in [0.1, 0.15) is 5.75 Å². The second-order valence-electron chi connectivity index (χ2n) is 5.00. The molecule has 120 valence electrons. The molecule has 0 amide bonds. The van der Waals surface area contributed by atoms with Crippen LogP contribution in [0.3, 0.4) is 0 Å². The van der Waals surface area contributed by atoms with E-state index in [1.807, 2.05) is 0 Å². The van der Waals surface area contributed by atoms with Gasteiger partial charge >= 0.3 is 0 Å². The second-order valence-corrected chi connectivity index (χ2v) is 5.44. The minimum atomic E-state index is -1.000. The van der Waals surface area contributed by atoms with E-state index in [-0.39, 0.29) is 27.7 Å². The van der Waals surface area contributed by atoms with Crippen molar-refractivity contribution in [3.8, 4) is 16.9 Å². The van der Waals surface area contributed by atoms with Crippen molar-refractivity contribution in [3.05, 3.63) is 78.2 Å². The molecule has 0 aliphatic heterocycles. The molecule has 0 unspecified atom stereocenters. The third-order valence-corrected chi connectivity index (χ3v) is 3.74. The molecule has 3 aromatic rings. The van der Waals surface area contributed by atoms with Crippen LogP contribution in [-0.4, -0.2) is 15.0 Å². The Morgan fingerprint density at radius 1 is 1.12 bits per heavy atom. The maximum Gasteiger partial charge on any atom is 0.296 e. The predicted molar refractivity (Wildman–Crippen MR) is 89.6 cm³/mol. The van der Waals surface area contributed by atoms with Gasteiger partial charge in [-0.15, -0.1) is 0 Å². The molecular weight excluding hydrogens is 336 g/mol. The zero-order valence-electron chi connectivity index (χ0n) is 11.9. The first-order valence-electron chi connectivity index (χ1n) is 6.72. The third kappa shape index (κ3) is 2.61. The van der Waals surface area contributed by atoms with E-state index in [1.54, 1.807) is 0 Å². The van der Waals surface area contributed by atoms with Gasteiger partial charge < -0.3 is 10.1 Å². The molecule has 0 radical (unpaired) electrons. The highest BCUT2D eigenvalue weighted by Crippen LogP contribution is 2.32. The Balaban J connectivity index is 2.47. The number of aromatic amines is 1. The van der Waals surface area contributed by atoms with E-state index in [9.17, 15) is 24.8 Å². The molecule has 1 aromatic heterocycles. The van der Waals surface area contributed by atoms with Crippen molar-refractivity contribution in [3.63, 3.8) is 0 Å². The maximum absolute atomic E-state index is 12.4. The lowest BCUT2D eigenvalue weighted by molar-refractivity contribution is -0.384.